The highest BCUT2D eigenvalue weighted by molar-refractivity contribution is 7.85. The molecule has 0 bridgehead atoms. The number of hydrogen-bond donors (Lipinski definition) is 1. The van der Waals surface area contributed by atoms with Crippen LogP contribution in [-0.2, 0) is 10.1 Å². The van der Waals surface area contributed by atoms with Gasteiger partial charge < -0.3 is 4.90 Å². The van der Waals surface area contributed by atoms with Crippen molar-refractivity contribution in [3.05, 3.63) is 18.3 Å². The van der Waals surface area contributed by atoms with Crippen LogP contribution in [0.15, 0.2) is 23.2 Å². The van der Waals surface area contributed by atoms with Crippen LogP contribution in [0.25, 0.3) is 0 Å². The summed E-state index contributed by atoms with van der Waals surface area (Å²) in [6.07, 6.45) is 3.26. The molecule has 0 aromatic carbocycles. The van der Waals surface area contributed by atoms with Crippen molar-refractivity contribution in [3.63, 3.8) is 0 Å². The van der Waals surface area contributed by atoms with Gasteiger partial charge in [0.25, 0.3) is 10.1 Å². The predicted octanol–water partition coefficient (Wildman–Crippen LogP) is 2.13. The van der Waals surface area contributed by atoms with Crippen molar-refractivity contribution in [2.75, 3.05) is 11.4 Å². The van der Waals surface area contributed by atoms with Gasteiger partial charge in [0.2, 0.25) is 0 Å². The van der Waals surface area contributed by atoms with E-state index in [1.54, 1.807) is 6.07 Å². The molecule has 2 heterocycles. The van der Waals surface area contributed by atoms with Crippen molar-refractivity contribution in [1.29, 1.82) is 0 Å². The van der Waals surface area contributed by atoms with E-state index in [0.717, 1.165) is 25.6 Å². The first-order chi connectivity index (χ1) is 8.39. The van der Waals surface area contributed by atoms with Crippen molar-refractivity contribution >= 4 is 27.5 Å². The summed E-state index contributed by atoms with van der Waals surface area (Å²) in [4.78, 5) is 5.80. The smallest absolute Gasteiger partial charge is 0.296 e. The molecule has 1 aromatic rings. The zero-order valence-corrected chi connectivity index (χ0v) is 11.5. The zero-order chi connectivity index (χ0) is 13.3. The molecule has 0 aliphatic carbocycles. The summed E-state index contributed by atoms with van der Waals surface area (Å²) in [6, 6.07) is 2.90. The third-order valence-corrected chi connectivity index (χ3v) is 4.64. The van der Waals surface area contributed by atoms with Crippen LogP contribution in [0.3, 0.4) is 0 Å². The number of aromatic nitrogens is 1. The Labute approximate surface area is 112 Å². The number of pyridine rings is 1. The van der Waals surface area contributed by atoms with Crippen LogP contribution in [0, 0.1) is 5.92 Å². The molecule has 100 valence electrons. The topological polar surface area (TPSA) is 70.5 Å². The van der Waals surface area contributed by atoms with Crippen molar-refractivity contribution in [3.8, 4) is 0 Å². The highest BCUT2D eigenvalue weighted by atomic mass is 35.5. The number of alkyl halides is 1. The maximum absolute atomic E-state index is 10.9. The molecule has 2 rings (SSSR count). The third kappa shape index (κ3) is 2.76. The number of nitrogens with zero attached hydrogens (tertiary/aromatic N) is 2. The number of anilines is 1. The summed E-state index contributed by atoms with van der Waals surface area (Å²) in [6.45, 7) is 2.88. The normalized spacial score (nSPS) is 25.2. The molecule has 1 aliphatic rings. The zero-order valence-electron chi connectivity index (χ0n) is 9.95. The van der Waals surface area contributed by atoms with Gasteiger partial charge in [-0.3, -0.25) is 4.55 Å². The molecular weight excluding hydrogens is 276 g/mol. The van der Waals surface area contributed by atoms with Gasteiger partial charge in [-0.1, -0.05) is 18.5 Å². The fourth-order valence-corrected chi connectivity index (χ4v) is 2.84. The van der Waals surface area contributed by atoms with Gasteiger partial charge in [0, 0.05) is 6.54 Å². The molecule has 1 fully saturated rings. The van der Waals surface area contributed by atoms with E-state index in [4.69, 9.17) is 16.2 Å². The summed E-state index contributed by atoms with van der Waals surface area (Å²) < 4.78 is 30.7. The van der Waals surface area contributed by atoms with E-state index in [2.05, 4.69) is 11.9 Å². The fraction of sp³-hybridized carbons (Fsp3) is 0.545. The Hall–Kier alpha value is -0.850. The van der Waals surface area contributed by atoms with Gasteiger partial charge in [-0.2, -0.15) is 8.42 Å². The molecule has 0 saturated carbocycles. The third-order valence-electron chi connectivity index (χ3n) is 3.14. The molecule has 5 nitrogen and oxygen atoms in total. The quantitative estimate of drug-likeness (QED) is 0.513. The Kier molecular flexibility index (Phi) is 3.79. The van der Waals surface area contributed by atoms with Crippen LogP contribution in [0.5, 0.6) is 0 Å². The van der Waals surface area contributed by atoms with Crippen molar-refractivity contribution in [1.82, 2.24) is 4.98 Å². The molecular formula is C11H15ClN2O3S. The largest absolute Gasteiger partial charge is 0.340 e. The summed E-state index contributed by atoms with van der Waals surface area (Å²) in [5, 5.41) is 0. The standard InChI is InChI=1S/C11H15ClN2O3S/c1-8-3-2-6-14(11(8)12)10-5-4-9(7-13-10)18(15,16)17/h4-5,7-8,11H,2-3,6H2,1H3,(H,15,16,17). The predicted molar refractivity (Wildman–Crippen MR) is 69.4 cm³/mol. The SMILES string of the molecule is CC1CCCN(c2ccc(S(=O)(=O)O)cn2)C1Cl. The summed E-state index contributed by atoms with van der Waals surface area (Å²) in [5.74, 6) is 0.998. The van der Waals surface area contributed by atoms with Crippen molar-refractivity contribution in [2.45, 2.75) is 30.2 Å². The molecule has 7 heteroatoms. The second kappa shape index (κ2) is 5.03. The van der Waals surface area contributed by atoms with E-state index in [1.807, 2.05) is 4.90 Å². The molecule has 2 atom stereocenters. The molecule has 0 amide bonds. The highest BCUT2D eigenvalue weighted by Crippen LogP contribution is 2.29. The van der Waals surface area contributed by atoms with Gasteiger partial charge in [0.05, 0.1) is 6.20 Å². The van der Waals surface area contributed by atoms with Crippen LogP contribution in [0.1, 0.15) is 19.8 Å². The van der Waals surface area contributed by atoms with Crippen LogP contribution < -0.4 is 4.90 Å². The van der Waals surface area contributed by atoms with E-state index < -0.39 is 10.1 Å². The highest BCUT2D eigenvalue weighted by Gasteiger charge is 2.27. The molecule has 0 radical (unpaired) electrons. The second-order valence-corrected chi connectivity index (χ2v) is 6.38. The second-order valence-electron chi connectivity index (χ2n) is 4.51. The minimum atomic E-state index is -4.19. The Bertz CT molecular complexity index is 518. The summed E-state index contributed by atoms with van der Waals surface area (Å²) in [7, 11) is -4.19. The fourth-order valence-electron chi connectivity index (χ4n) is 2.09. The first-order valence-corrected chi connectivity index (χ1v) is 7.61. The molecule has 1 N–H and O–H groups in total. The first kappa shape index (κ1) is 13.6. The lowest BCUT2D eigenvalue weighted by molar-refractivity contribution is 0.413. The van der Waals surface area contributed by atoms with Crippen LogP contribution in [-0.4, -0.2) is 30.0 Å². The Morgan fingerprint density at radius 3 is 2.78 bits per heavy atom. The first-order valence-electron chi connectivity index (χ1n) is 5.74. The van der Waals surface area contributed by atoms with Crippen LogP contribution >= 0.6 is 11.6 Å². The Morgan fingerprint density at radius 2 is 2.22 bits per heavy atom. The average molecular weight is 291 g/mol. The van der Waals surface area contributed by atoms with Crippen LogP contribution in [0.2, 0.25) is 0 Å². The minimum Gasteiger partial charge on any atom is -0.340 e. The molecule has 18 heavy (non-hydrogen) atoms. The Balaban J connectivity index is 2.24. The lowest BCUT2D eigenvalue weighted by Crippen LogP contribution is -2.41. The number of rotatable bonds is 2. The van der Waals surface area contributed by atoms with Crippen molar-refractivity contribution in [2.24, 2.45) is 5.92 Å². The lowest BCUT2D eigenvalue weighted by Gasteiger charge is -2.36. The molecule has 2 unspecified atom stereocenters. The van der Waals surface area contributed by atoms with Crippen molar-refractivity contribution < 1.29 is 13.0 Å². The lowest BCUT2D eigenvalue weighted by atomic mass is 10.00. The average Bonchev–Trinajstić information content (AvgIpc) is 2.32. The molecule has 0 spiro atoms. The van der Waals surface area contributed by atoms with E-state index in [-0.39, 0.29) is 10.4 Å². The monoisotopic (exact) mass is 290 g/mol. The molecule has 1 saturated heterocycles. The van der Waals surface area contributed by atoms with E-state index in [9.17, 15) is 8.42 Å². The number of halogens is 1. The van der Waals surface area contributed by atoms with Gasteiger partial charge in [-0.15, -0.1) is 0 Å². The maximum atomic E-state index is 10.9. The Morgan fingerprint density at radius 1 is 1.50 bits per heavy atom. The van der Waals surface area contributed by atoms with Gasteiger partial charge in [0.1, 0.15) is 16.2 Å². The van der Waals surface area contributed by atoms with E-state index >= 15 is 0 Å². The molecule has 1 aliphatic heterocycles. The number of hydrogen-bond acceptors (Lipinski definition) is 4. The summed E-state index contributed by atoms with van der Waals surface area (Å²) >= 11 is 6.32. The molecule has 1 aromatic heterocycles. The minimum absolute atomic E-state index is 0.136. The number of piperidine rings is 1. The van der Waals surface area contributed by atoms with Gasteiger partial charge in [-0.05, 0) is 30.9 Å². The summed E-state index contributed by atoms with van der Waals surface area (Å²) in [5.41, 5.74) is -0.136. The van der Waals surface area contributed by atoms with Crippen LogP contribution in [0.4, 0.5) is 5.82 Å². The van der Waals surface area contributed by atoms with Gasteiger partial charge in [0.15, 0.2) is 0 Å². The van der Waals surface area contributed by atoms with Gasteiger partial charge in [-0.25, -0.2) is 4.98 Å². The maximum Gasteiger partial charge on any atom is 0.296 e. The van der Waals surface area contributed by atoms with Gasteiger partial charge >= 0.3 is 0 Å². The van der Waals surface area contributed by atoms with E-state index in [1.165, 1.54) is 6.07 Å². The van der Waals surface area contributed by atoms with E-state index in [0.29, 0.717) is 11.7 Å².